The predicted octanol–water partition coefficient (Wildman–Crippen LogP) is 2.08. The van der Waals surface area contributed by atoms with Gasteiger partial charge < -0.3 is 20.7 Å². The van der Waals surface area contributed by atoms with E-state index in [1.54, 1.807) is 18.2 Å². The highest BCUT2D eigenvalue weighted by atomic mass is 32.2. The van der Waals surface area contributed by atoms with Crippen LogP contribution in [0.2, 0.25) is 0 Å². The second-order valence-electron chi connectivity index (χ2n) is 3.49. The van der Waals surface area contributed by atoms with Crippen LogP contribution in [0.3, 0.4) is 0 Å². The quantitative estimate of drug-likeness (QED) is 0.175. The highest BCUT2D eigenvalue weighted by Gasteiger charge is 2.24. The second-order valence-corrected chi connectivity index (χ2v) is 5.92. The summed E-state index contributed by atoms with van der Waals surface area (Å²) in [6.45, 7) is 2.96. The fourth-order valence-electron chi connectivity index (χ4n) is 1.09. The first-order chi connectivity index (χ1) is 9.41. The third kappa shape index (κ3) is 5.06. The molecule has 6 nitrogen and oxygen atoms in total. The Hall–Kier alpha value is -1.80. The van der Waals surface area contributed by atoms with Gasteiger partial charge in [0.05, 0.1) is 0 Å². The van der Waals surface area contributed by atoms with Crippen LogP contribution in [0.1, 0.15) is 0 Å². The number of esters is 1. The second kappa shape index (κ2) is 7.71. The number of rotatable bonds is 7. The maximum absolute atomic E-state index is 11.1. The molecule has 0 amide bonds. The Morgan fingerprint density at radius 2 is 2.00 bits per heavy atom. The molecular formula is C12H13NO5S2. The van der Waals surface area contributed by atoms with Crippen LogP contribution < -0.4 is 5.73 Å². The number of carbonyl (C=O) groups is 2. The largest absolute Gasteiger partial charge is 0.502 e. The van der Waals surface area contributed by atoms with Crippen LogP contribution in [-0.2, 0) is 14.3 Å². The van der Waals surface area contributed by atoms with Gasteiger partial charge in [-0.05, 0) is 18.7 Å². The van der Waals surface area contributed by atoms with Gasteiger partial charge in [-0.1, -0.05) is 23.9 Å². The number of hydrogen-bond donors (Lipinski definition) is 3. The number of carboxylic acid groups (broad SMARTS) is 1. The van der Waals surface area contributed by atoms with Gasteiger partial charge in [-0.2, -0.15) is 0 Å². The van der Waals surface area contributed by atoms with Crippen LogP contribution in [0.25, 0.3) is 0 Å². The van der Waals surface area contributed by atoms with E-state index in [9.17, 15) is 9.59 Å². The molecule has 4 N–H and O–H groups in total. The van der Waals surface area contributed by atoms with Crippen molar-refractivity contribution in [1.29, 1.82) is 0 Å². The monoisotopic (exact) mass is 315 g/mol. The van der Waals surface area contributed by atoms with Gasteiger partial charge in [-0.25, -0.2) is 9.59 Å². The van der Waals surface area contributed by atoms with Crippen molar-refractivity contribution in [2.45, 2.75) is 10.3 Å². The molecule has 1 unspecified atom stereocenters. The van der Waals surface area contributed by atoms with Gasteiger partial charge in [-0.3, -0.25) is 0 Å². The van der Waals surface area contributed by atoms with E-state index in [1.165, 1.54) is 11.8 Å². The highest BCUT2D eigenvalue weighted by molar-refractivity contribution is 8.16. The van der Waals surface area contributed by atoms with Crippen LogP contribution in [0.15, 0.2) is 41.5 Å². The minimum atomic E-state index is -1.41. The maximum Gasteiger partial charge on any atom is 0.374 e. The number of carboxylic acids is 1. The van der Waals surface area contributed by atoms with E-state index in [0.29, 0.717) is 10.8 Å². The van der Waals surface area contributed by atoms with Crippen molar-refractivity contribution >= 4 is 41.1 Å². The van der Waals surface area contributed by atoms with Gasteiger partial charge >= 0.3 is 11.9 Å². The smallest absolute Gasteiger partial charge is 0.374 e. The lowest BCUT2D eigenvalue weighted by atomic mass is 10.3. The normalized spacial score (nSPS) is 11.6. The molecule has 0 aliphatic heterocycles. The standard InChI is InChI=1S/C12H13NO5S2/c1-7(14)11(17)18-12(10(15)16)20-6-19-9-5-3-2-4-8(9)13/h2-5,12,14H,1,6,13H2,(H,15,16). The molecule has 0 spiro atoms. The number of carbonyl (C=O) groups excluding carboxylic acids is 1. The molecule has 20 heavy (non-hydrogen) atoms. The van der Waals surface area contributed by atoms with E-state index in [1.807, 2.05) is 6.07 Å². The maximum atomic E-state index is 11.1. The molecular weight excluding hydrogens is 302 g/mol. The molecule has 0 saturated heterocycles. The molecule has 0 bridgehead atoms. The summed E-state index contributed by atoms with van der Waals surface area (Å²) in [5.74, 6) is -3.31. The molecule has 1 aromatic carbocycles. The highest BCUT2D eigenvalue weighted by Crippen LogP contribution is 2.29. The zero-order valence-corrected chi connectivity index (χ0v) is 11.9. The molecule has 108 valence electrons. The SMILES string of the molecule is C=C(O)C(=O)OC(SCSc1ccccc1N)C(=O)O. The van der Waals surface area contributed by atoms with E-state index in [-0.39, 0.29) is 0 Å². The Kier molecular flexibility index (Phi) is 6.26. The third-order valence-corrected chi connectivity index (χ3v) is 4.30. The Labute approximate surface area is 124 Å². The number of nitrogens with two attached hydrogens (primary N) is 1. The molecule has 0 saturated carbocycles. The summed E-state index contributed by atoms with van der Waals surface area (Å²) in [5, 5.41) is 18.0. The zero-order chi connectivity index (χ0) is 15.1. The number of para-hydroxylation sites is 1. The number of aliphatic hydroxyl groups excluding tert-OH is 1. The Balaban J connectivity index is 2.52. The predicted molar refractivity (Wildman–Crippen MR) is 78.5 cm³/mol. The third-order valence-electron chi connectivity index (χ3n) is 2.00. The van der Waals surface area contributed by atoms with Crippen molar-refractivity contribution in [3.8, 4) is 0 Å². The number of anilines is 1. The molecule has 1 aromatic rings. The van der Waals surface area contributed by atoms with Crippen LogP contribution in [0.5, 0.6) is 0 Å². The number of aliphatic carboxylic acids is 1. The van der Waals surface area contributed by atoms with Crippen LogP contribution in [-0.4, -0.2) is 32.7 Å². The zero-order valence-electron chi connectivity index (χ0n) is 10.3. The molecule has 1 rings (SSSR count). The van der Waals surface area contributed by atoms with Gasteiger partial charge in [0.1, 0.15) is 0 Å². The lowest BCUT2D eigenvalue weighted by Crippen LogP contribution is -2.24. The van der Waals surface area contributed by atoms with E-state index in [2.05, 4.69) is 11.3 Å². The lowest BCUT2D eigenvalue weighted by molar-refractivity contribution is -0.156. The molecule has 0 fully saturated rings. The van der Waals surface area contributed by atoms with E-state index < -0.39 is 23.1 Å². The first-order valence-electron chi connectivity index (χ1n) is 5.32. The lowest BCUT2D eigenvalue weighted by Gasteiger charge is -2.12. The van der Waals surface area contributed by atoms with Crippen molar-refractivity contribution in [2.75, 3.05) is 10.8 Å². The average molecular weight is 315 g/mol. The molecule has 0 aliphatic carbocycles. The summed E-state index contributed by atoms with van der Waals surface area (Å²) in [7, 11) is 0. The first kappa shape index (κ1) is 16.3. The van der Waals surface area contributed by atoms with Crippen LogP contribution in [0, 0.1) is 0 Å². The molecule has 0 aliphatic rings. The molecule has 0 heterocycles. The minimum Gasteiger partial charge on any atom is -0.502 e. The van der Waals surface area contributed by atoms with E-state index >= 15 is 0 Å². The number of hydrogen-bond acceptors (Lipinski definition) is 7. The summed E-state index contributed by atoms with van der Waals surface area (Å²) in [5.41, 5.74) is 4.92. The summed E-state index contributed by atoms with van der Waals surface area (Å²) in [6.07, 6.45) is 0. The average Bonchev–Trinajstić information content (AvgIpc) is 2.39. The Morgan fingerprint density at radius 3 is 2.55 bits per heavy atom. The molecule has 0 radical (unpaired) electrons. The summed E-state index contributed by atoms with van der Waals surface area (Å²) >= 11 is 2.22. The topological polar surface area (TPSA) is 110 Å². The minimum absolute atomic E-state index is 0.316. The van der Waals surface area contributed by atoms with Crippen molar-refractivity contribution in [2.24, 2.45) is 0 Å². The summed E-state index contributed by atoms with van der Waals surface area (Å²) in [6, 6.07) is 7.14. The van der Waals surface area contributed by atoms with Crippen molar-refractivity contribution in [1.82, 2.24) is 0 Å². The fraction of sp³-hybridized carbons (Fsp3) is 0.167. The number of ether oxygens (including phenoxy) is 1. The van der Waals surface area contributed by atoms with Gasteiger partial charge in [0, 0.05) is 15.7 Å². The number of benzene rings is 1. The van der Waals surface area contributed by atoms with Crippen LogP contribution in [0.4, 0.5) is 5.69 Å². The van der Waals surface area contributed by atoms with Gasteiger partial charge in [0.25, 0.3) is 0 Å². The van der Waals surface area contributed by atoms with Gasteiger partial charge in [0.2, 0.25) is 5.44 Å². The number of nitrogen functional groups attached to an aromatic ring is 1. The Bertz CT molecular complexity index is 520. The van der Waals surface area contributed by atoms with Crippen molar-refractivity contribution in [3.05, 3.63) is 36.6 Å². The van der Waals surface area contributed by atoms with E-state index in [0.717, 1.165) is 16.7 Å². The number of aliphatic hydroxyl groups is 1. The molecule has 8 heteroatoms. The molecule has 0 aromatic heterocycles. The fourth-order valence-corrected chi connectivity index (χ4v) is 3.07. The van der Waals surface area contributed by atoms with Crippen molar-refractivity contribution in [3.63, 3.8) is 0 Å². The summed E-state index contributed by atoms with van der Waals surface area (Å²) in [4.78, 5) is 22.8. The van der Waals surface area contributed by atoms with Gasteiger partial charge in [-0.15, -0.1) is 11.8 Å². The Morgan fingerprint density at radius 1 is 1.35 bits per heavy atom. The summed E-state index contributed by atoms with van der Waals surface area (Å²) < 4.78 is 4.57. The van der Waals surface area contributed by atoms with E-state index in [4.69, 9.17) is 15.9 Å². The van der Waals surface area contributed by atoms with Crippen LogP contribution >= 0.6 is 23.5 Å². The van der Waals surface area contributed by atoms with Gasteiger partial charge in [0.15, 0.2) is 5.76 Å². The first-order valence-corrected chi connectivity index (χ1v) is 7.36. The molecule has 1 atom stereocenters. The van der Waals surface area contributed by atoms with Crippen molar-refractivity contribution < 1.29 is 24.5 Å². The number of thioether (sulfide) groups is 2.